The van der Waals surface area contributed by atoms with E-state index in [1.807, 2.05) is 32.9 Å². The first-order chi connectivity index (χ1) is 16.3. The summed E-state index contributed by atoms with van der Waals surface area (Å²) in [4.78, 5) is 14.7. The van der Waals surface area contributed by atoms with Crippen LogP contribution in [0.15, 0.2) is 60.2 Å². The molecule has 4 heteroatoms. The third-order valence-electron chi connectivity index (χ3n) is 6.81. The number of nitrogens with zero attached hydrogens (tertiary/aromatic N) is 1. The Bertz CT molecular complexity index is 969. The maximum atomic E-state index is 12.2. The van der Waals surface area contributed by atoms with Gasteiger partial charge in [0.1, 0.15) is 5.60 Å². The zero-order chi connectivity index (χ0) is 24.1. The number of hydrogen-bond acceptors (Lipinski definition) is 4. The minimum atomic E-state index is -0.463. The minimum absolute atomic E-state index is 0.255. The Balaban J connectivity index is 1.12. The van der Waals surface area contributed by atoms with Gasteiger partial charge in [-0.2, -0.15) is 0 Å². The summed E-state index contributed by atoms with van der Waals surface area (Å²) in [5, 5.41) is 3.80. The number of benzene rings is 2. The standard InChI is InChI=1S/C30H40N2O2/c1-5-25(17-22-9-7-6-8-10-22)27-18-28(27)31-16-15-24-20-32(21-24)19-23-11-13-26(14-12-23)29(33)34-30(2,3)4/h6-14,17,24,27-28,31H,5,15-16,18-21H2,1-4H3/b25-17+. The molecule has 2 atom stereocenters. The molecule has 0 radical (unpaired) electrons. The van der Waals surface area contributed by atoms with Gasteiger partial charge in [0, 0.05) is 25.7 Å². The second-order valence-corrected chi connectivity index (χ2v) is 10.9. The molecule has 2 aromatic carbocycles. The highest BCUT2D eigenvalue weighted by molar-refractivity contribution is 5.89. The Morgan fingerprint density at radius 1 is 1.09 bits per heavy atom. The SMILES string of the molecule is CC/C(=C\c1ccccc1)C1CC1NCCC1CN(Cc2ccc(C(=O)OC(C)(C)C)cc2)C1. The van der Waals surface area contributed by atoms with Gasteiger partial charge in [0.2, 0.25) is 0 Å². The van der Waals surface area contributed by atoms with Crippen molar-refractivity contribution in [1.29, 1.82) is 0 Å². The Labute approximate surface area is 205 Å². The fourth-order valence-corrected chi connectivity index (χ4v) is 4.87. The quantitative estimate of drug-likeness (QED) is 0.446. The molecule has 2 fully saturated rings. The number of ether oxygens (including phenoxy) is 1. The molecule has 4 nitrogen and oxygen atoms in total. The topological polar surface area (TPSA) is 41.6 Å². The lowest BCUT2D eigenvalue weighted by Gasteiger charge is -2.39. The normalized spacial score (nSPS) is 21.2. The molecule has 34 heavy (non-hydrogen) atoms. The predicted molar refractivity (Wildman–Crippen MR) is 140 cm³/mol. The minimum Gasteiger partial charge on any atom is -0.456 e. The van der Waals surface area contributed by atoms with E-state index in [2.05, 4.69) is 65.7 Å². The van der Waals surface area contributed by atoms with Crippen molar-refractivity contribution in [3.63, 3.8) is 0 Å². The highest BCUT2D eigenvalue weighted by atomic mass is 16.6. The summed E-state index contributed by atoms with van der Waals surface area (Å²) in [5.41, 5.74) is 4.31. The first kappa shape index (κ1) is 24.7. The summed E-state index contributed by atoms with van der Waals surface area (Å²) in [5.74, 6) is 1.25. The number of likely N-dealkylation sites (tertiary alicyclic amines) is 1. The van der Waals surface area contributed by atoms with E-state index in [0.717, 1.165) is 38.5 Å². The number of nitrogens with one attached hydrogen (secondary N) is 1. The van der Waals surface area contributed by atoms with Gasteiger partial charge in [-0.05, 0) is 81.7 Å². The molecule has 0 aromatic heterocycles. The van der Waals surface area contributed by atoms with Crippen molar-refractivity contribution in [3.05, 3.63) is 76.9 Å². The van der Waals surface area contributed by atoms with Crippen LogP contribution in [0.2, 0.25) is 0 Å². The number of carbonyl (C=O) groups excluding carboxylic acids is 1. The van der Waals surface area contributed by atoms with E-state index in [-0.39, 0.29) is 5.97 Å². The molecule has 1 saturated carbocycles. The zero-order valence-electron chi connectivity index (χ0n) is 21.2. The predicted octanol–water partition coefficient (Wildman–Crippen LogP) is 5.94. The second-order valence-electron chi connectivity index (χ2n) is 10.9. The molecule has 2 unspecified atom stereocenters. The van der Waals surface area contributed by atoms with E-state index in [1.54, 1.807) is 5.57 Å². The average molecular weight is 461 g/mol. The van der Waals surface area contributed by atoms with Crippen molar-refractivity contribution in [2.45, 2.75) is 65.1 Å². The molecular formula is C30H40N2O2. The van der Waals surface area contributed by atoms with Crippen LogP contribution in [0.3, 0.4) is 0 Å². The third kappa shape index (κ3) is 7.04. The molecule has 2 aromatic rings. The lowest BCUT2D eigenvalue weighted by atomic mass is 9.95. The van der Waals surface area contributed by atoms with E-state index in [9.17, 15) is 4.79 Å². The summed E-state index contributed by atoms with van der Waals surface area (Å²) in [7, 11) is 0. The van der Waals surface area contributed by atoms with E-state index >= 15 is 0 Å². The molecule has 1 N–H and O–H groups in total. The van der Waals surface area contributed by atoms with Crippen LogP contribution >= 0.6 is 0 Å². The van der Waals surface area contributed by atoms with Crippen LogP contribution in [0.5, 0.6) is 0 Å². The van der Waals surface area contributed by atoms with Crippen LogP contribution in [0, 0.1) is 11.8 Å². The Hall–Kier alpha value is -2.43. The van der Waals surface area contributed by atoms with Gasteiger partial charge in [-0.25, -0.2) is 4.79 Å². The second kappa shape index (κ2) is 10.9. The van der Waals surface area contributed by atoms with Crippen LogP contribution < -0.4 is 5.32 Å². The fraction of sp³-hybridized carbons (Fsp3) is 0.500. The summed E-state index contributed by atoms with van der Waals surface area (Å²) in [6, 6.07) is 19.2. The molecule has 0 spiro atoms. The highest BCUT2D eigenvalue weighted by Crippen LogP contribution is 2.39. The van der Waals surface area contributed by atoms with Crippen LogP contribution in [0.1, 0.15) is 68.4 Å². The maximum Gasteiger partial charge on any atom is 0.338 e. The molecule has 2 aliphatic rings. The maximum absolute atomic E-state index is 12.2. The number of carbonyl (C=O) groups is 1. The van der Waals surface area contributed by atoms with Gasteiger partial charge in [-0.3, -0.25) is 4.90 Å². The van der Waals surface area contributed by atoms with Crippen molar-refractivity contribution >= 4 is 12.0 Å². The van der Waals surface area contributed by atoms with Crippen LogP contribution in [0.4, 0.5) is 0 Å². The number of esters is 1. The van der Waals surface area contributed by atoms with Gasteiger partial charge in [0.15, 0.2) is 0 Å². The largest absolute Gasteiger partial charge is 0.456 e. The molecule has 1 heterocycles. The smallest absolute Gasteiger partial charge is 0.338 e. The van der Waals surface area contributed by atoms with Gasteiger partial charge in [0.05, 0.1) is 5.56 Å². The van der Waals surface area contributed by atoms with Gasteiger partial charge < -0.3 is 10.1 Å². The van der Waals surface area contributed by atoms with Crippen LogP contribution in [0.25, 0.3) is 6.08 Å². The van der Waals surface area contributed by atoms with E-state index < -0.39 is 5.60 Å². The van der Waals surface area contributed by atoms with Crippen LogP contribution in [-0.2, 0) is 11.3 Å². The molecule has 1 saturated heterocycles. The van der Waals surface area contributed by atoms with Gasteiger partial charge in [-0.1, -0.05) is 61.0 Å². The summed E-state index contributed by atoms with van der Waals surface area (Å²) < 4.78 is 5.44. The van der Waals surface area contributed by atoms with Crippen molar-refractivity contribution in [1.82, 2.24) is 10.2 Å². The molecule has 0 amide bonds. The van der Waals surface area contributed by atoms with Crippen molar-refractivity contribution < 1.29 is 9.53 Å². The highest BCUT2D eigenvalue weighted by Gasteiger charge is 2.38. The van der Waals surface area contributed by atoms with E-state index in [1.165, 1.54) is 24.0 Å². The van der Waals surface area contributed by atoms with Crippen molar-refractivity contribution in [2.24, 2.45) is 11.8 Å². The Kier molecular flexibility index (Phi) is 7.90. The summed E-state index contributed by atoms with van der Waals surface area (Å²) in [6.45, 7) is 12.4. The first-order valence-electron chi connectivity index (χ1n) is 12.8. The molecule has 182 valence electrons. The van der Waals surface area contributed by atoms with Crippen molar-refractivity contribution in [2.75, 3.05) is 19.6 Å². The summed E-state index contributed by atoms with van der Waals surface area (Å²) >= 11 is 0. The monoisotopic (exact) mass is 460 g/mol. The molecule has 1 aliphatic carbocycles. The van der Waals surface area contributed by atoms with Crippen LogP contribution in [-0.4, -0.2) is 42.1 Å². The number of hydrogen-bond donors (Lipinski definition) is 1. The van der Waals surface area contributed by atoms with Gasteiger partial charge in [0.25, 0.3) is 0 Å². The summed E-state index contributed by atoms with van der Waals surface area (Å²) in [6.07, 6.45) is 6.05. The molecule has 4 rings (SSSR count). The molecule has 0 bridgehead atoms. The third-order valence-corrected chi connectivity index (χ3v) is 6.81. The number of rotatable bonds is 10. The lowest BCUT2D eigenvalue weighted by Crippen LogP contribution is -2.46. The lowest BCUT2D eigenvalue weighted by molar-refractivity contribution is 0.00695. The molecule has 1 aliphatic heterocycles. The Morgan fingerprint density at radius 2 is 1.79 bits per heavy atom. The first-order valence-corrected chi connectivity index (χ1v) is 12.8. The fourth-order valence-electron chi connectivity index (χ4n) is 4.87. The average Bonchev–Trinajstić information content (AvgIpc) is 3.55. The Morgan fingerprint density at radius 3 is 2.44 bits per heavy atom. The zero-order valence-corrected chi connectivity index (χ0v) is 21.2. The van der Waals surface area contributed by atoms with E-state index in [0.29, 0.717) is 17.5 Å². The van der Waals surface area contributed by atoms with Crippen molar-refractivity contribution in [3.8, 4) is 0 Å². The van der Waals surface area contributed by atoms with Gasteiger partial charge in [-0.15, -0.1) is 0 Å². The van der Waals surface area contributed by atoms with Gasteiger partial charge >= 0.3 is 5.97 Å². The molecular weight excluding hydrogens is 420 g/mol. The van der Waals surface area contributed by atoms with E-state index in [4.69, 9.17) is 4.74 Å².